The van der Waals surface area contributed by atoms with Crippen LogP contribution in [0.25, 0.3) is 0 Å². The molecular weight excluding hydrogens is 291 g/mol. The lowest BCUT2D eigenvalue weighted by Gasteiger charge is -2.08. The summed E-state index contributed by atoms with van der Waals surface area (Å²) in [7, 11) is 0. The Morgan fingerprint density at radius 1 is 1.71 bits per heavy atom. The van der Waals surface area contributed by atoms with E-state index in [1.54, 1.807) is 13.0 Å². The monoisotopic (exact) mass is 302 g/mol. The van der Waals surface area contributed by atoms with Gasteiger partial charge in [0.15, 0.2) is 0 Å². The highest BCUT2D eigenvalue weighted by molar-refractivity contribution is 9.11. The first-order chi connectivity index (χ1) is 8.02. The maximum Gasteiger partial charge on any atom is 0.336 e. The molecule has 0 N–H and O–H groups in total. The summed E-state index contributed by atoms with van der Waals surface area (Å²) in [6, 6.07) is 0. The molecule has 0 aliphatic carbocycles. The lowest BCUT2D eigenvalue weighted by molar-refractivity contribution is -0.157. The van der Waals surface area contributed by atoms with Crippen LogP contribution in [-0.4, -0.2) is 18.9 Å². The Balaban J connectivity index is 2.42. The fourth-order valence-electron chi connectivity index (χ4n) is 1.03. The minimum atomic E-state index is -0.670. The molecule has 1 aliphatic rings. The van der Waals surface area contributed by atoms with Crippen molar-refractivity contribution in [3.8, 4) is 0 Å². The smallest absolute Gasteiger partial charge is 0.336 e. The van der Waals surface area contributed by atoms with E-state index >= 15 is 0 Å². The standard InChI is InChI=1S/C12H12BrFO3/c1-3-10(14)5-4-9(13)7-16-11-6-8(2)12(15)17-11/h3-6,11H,1,7H2,2H3/b9-4+,10-5+. The quantitative estimate of drug-likeness (QED) is 0.578. The van der Waals surface area contributed by atoms with Crippen LogP contribution in [-0.2, 0) is 14.3 Å². The summed E-state index contributed by atoms with van der Waals surface area (Å²) < 4.78 is 23.4. The molecule has 0 spiro atoms. The fourth-order valence-corrected chi connectivity index (χ4v) is 1.30. The van der Waals surface area contributed by atoms with E-state index in [1.807, 2.05) is 0 Å². The Morgan fingerprint density at radius 2 is 2.41 bits per heavy atom. The van der Waals surface area contributed by atoms with E-state index in [0.717, 1.165) is 6.08 Å². The third-order valence-corrected chi connectivity index (χ3v) is 2.43. The molecule has 17 heavy (non-hydrogen) atoms. The average Bonchev–Trinajstić information content (AvgIpc) is 2.63. The third-order valence-electron chi connectivity index (χ3n) is 1.94. The molecule has 1 aliphatic heterocycles. The molecule has 0 saturated carbocycles. The molecule has 5 heteroatoms. The van der Waals surface area contributed by atoms with E-state index in [-0.39, 0.29) is 12.6 Å². The number of ether oxygens (including phenoxy) is 2. The number of halogens is 2. The van der Waals surface area contributed by atoms with Gasteiger partial charge in [-0.3, -0.25) is 0 Å². The van der Waals surface area contributed by atoms with Crippen LogP contribution in [0.1, 0.15) is 6.92 Å². The van der Waals surface area contributed by atoms with E-state index in [1.165, 1.54) is 12.2 Å². The van der Waals surface area contributed by atoms with Gasteiger partial charge in [0.1, 0.15) is 5.83 Å². The predicted molar refractivity (Wildman–Crippen MR) is 66.0 cm³/mol. The molecule has 0 radical (unpaired) electrons. The highest BCUT2D eigenvalue weighted by Gasteiger charge is 2.22. The van der Waals surface area contributed by atoms with Crippen molar-refractivity contribution in [1.82, 2.24) is 0 Å². The maximum atomic E-state index is 12.7. The largest absolute Gasteiger partial charge is 0.429 e. The third kappa shape index (κ3) is 4.66. The molecule has 0 saturated heterocycles. The summed E-state index contributed by atoms with van der Waals surface area (Å²) in [5.41, 5.74) is 0.521. The van der Waals surface area contributed by atoms with Gasteiger partial charge in [0.2, 0.25) is 6.29 Å². The molecule has 0 aromatic rings. The van der Waals surface area contributed by atoms with Crippen molar-refractivity contribution >= 4 is 21.9 Å². The zero-order chi connectivity index (χ0) is 12.8. The Bertz CT molecular complexity index is 410. The predicted octanol–water partition coefficient (Wildman–Crippen LogP) is 3.15. The van der Waals surface area contributed by atoms with Crippen molar-refractivity contribution in [3.05, 3.63) is 46.8 Å². The summed E-state index contributed by atoms with van der Waals surface area (Å²) >= 11 is 3.20. The molecule has 1 heterocycles. The molecule has 0 aromatic carbocycles. The minimum Gasteiger partial charge on any atom is -0.429 e. The molecule has 92 valence electrons. The van der Waals surface area contributed by atoms with E-state index < -0.39 is 12.1 Å². The van der Waals surface area contributed by atoms with Crippen molar-refractivity contribution < 1.29 is 18.7 Å². The van der Waals surface area contributed by atoms with E-state index in [9.17, 15) is 9.18 Å². The SMILES string of the molecule is C=C/C(F)=C\C=C(\Br)COC1C=C(C)C(=O)O1. The summed E-state index contributed by atoms with van der Waals surface area (Å²) in [6.07, 6.45) is 4.77. The van der Waals surface area contributed by atoms with Gasteiger partial charge in [-0.15, -0.1) is 0 Å². The lowest BCUT2D eigenvalue weighted by atomic mass is 10.3. The molecule has 3 nitrogen and oxygen atoms in total. The van der Waals surface area contributed by atoms with Gasteiger partial charge in [0, 0.05) is 10.1 Å². The van der Waals surface area contributed by atoms with Crippen LogP contribution in [0.2, 0.25) is 0 Å². The van der Waals surface area contributed by atoms with Crippen molar-refractivity contribution in [3.63, 3.8) is 0 Å². The van der Waals surface area contributed by atoms with E-state index in [2.05, 4.69) is 22.5 Å². The number of rotatable bonds is 5. The summed E-state index contributed by atoms with van der Waals surface area (Å²) in [5, 5.41) is 0. The number of hydrogen-bond donors (Lipinski definition) is 0. The van der Waals surface area contributed by atoms with Crippen LogP contribution in [0.15, 0.2) is 46.8 Å². The molecule has 0 aromatic heterocycles. The summed E-state index contributed by atoms with van der Waals surface area (Å²) in [6.45, 7) is 5.11. The van der Waals surface area contributed by atoms with Gasteiger partial charge in [-0.05, 0) is 31.2 Å². The van der Waals surface area contributed by atoms with Gasteiger partial charge in [0.05, 0.1) is 6.61 Å². The zero-order valence-corrected chi connectivity index (χ0v) is 10.9. The van der Waals surface area contributed by atoms with Gasteiger partial charge in [-0.25, -0.2) is 9.18 Å². The number of hydrogen-bond acceptors (Lipinski definition) is 3. The summed E-state index contributed by atoms with van der Waals surface area (Å²) in [5.74, 6) is -0.822. The summed E-state index contributed by atoms with van der Waals surface area (Å²) in [4.78, 5) is 11.0. The molecule has 1 atom stereocenters. The zero-order valence-electron chi connectivity index (χ0n) is 9.28. The molecule has 0 bridgehead atoms. The normalized spacial score (nSPS) is 21.2. The van der Waals surface area contributed by atoms with Gasteiger partial charge in [-0.1, -0.05) is 22.5 Å². The highest BCUT2D eigenvalue weighted by atomic mass is 79.9. The molecule has 1 rings (SSSR count). The number of carbonyl (C=O) groups excluding carboxylic acids is 1. The van der Waals surface area contributed by atoms with E-state index in [4.69, 9.17) is 9.47 Å². The Kier molecular flexibility index (Phi) is 5.31. The topological polar surface area (TPSA) is 35.5 Å². The van der Waals surface area contributed by atoms with Crippen molar-refractivity contribution in [2.75, 3.05) is 6.61 Å². The fraction of sp³-hybridized carbons (Fsp3) is 0.250. The van der Waals surface area contributed by atoms with Crippen molar-refractivity contribution in [2.24, 2.45) is 0 Å². The second kappa shape index (κ2) is 6.51. The Labute approximate surface area is 107 Å². The Hall–Kier alpha value is -1.20. The second-order valence-electron chi connectivity index (χ2n) is 3.30. The first-order valence-electron chi connectivity index (χ1n) is 4.88. The first-order valence-corrected chi connectivity index (χ1v) is 5.67. The van der Waals surface area contributed by atoms with Crippen LogP contribution < -0.4 is 0 Å². The van der Waals surface area contributed by atoms with Gasteiger partial charge in [0.25, 0.3) is 0 Å². The van der Waals surface area contributed by atoms with Crippen LogP contribution in [0.5, 0.6) is 0 Å². The van der Waals surface area contributed by atoms with Crippen molar-refractivity contribution in [2.45, 2.75) is 13.2 Å². The molecule has 0 fully saturated rings. The Morgan fingerprint density at radius 3 is 2.94 bits per heavy atom. The van der Waals surface area contributed by atoms with Crippen LogP contribution in [0, 0.1) is 0 Å². The second-order valence-corrected chi connectivity index (χ2v) is 4.32. The van der Waals surface area contributed by atoms with Gasteiger partial charge >= 0.3 is 5.97 Å². The lowest BCUT2D eigenvalue weighted by Crippen LogP contribution is -2.13. The number of esters is 1. The van der Waals surface area contributed by atoms with Gasteiger partial charge < -0.3 is 9.47 Å². The minimum absolute atomic E-state index is 0.183. The first kappa shape index (κ1) is 13.9. The highest BCUT2D eigenvalue weighted by Crippen LogP contribution is 2.16. The van der Waals surface area contributed by atoms with Crippen LogP contribution in [0.3, 0.4) is 0 Å². The van der Waals surface area contributed by atoms with Crippen LogP contribution in [0.4, 0.5) is 4.39 Å². The van der Waals surface area contributed by atoms with Gasteiger partial charge in [-0.2, -0.15) is 0 Å². The maximum absolute atomic E-state index is 12.7. The van der Waals surface area contributed by atoms with Crippen LogP contribution >= 0.6 is 15.9 Å². The molecule has 1 unspecified atom stereocenters. The van der Waals surface area contributed by atoms with E-state index in [0.29, 0.717) is 10.1 Å². The molecule has 0 amide bonds. The number of carbonyl (C=O) groups is 1. The molecular formula is C12H12BrFO3. The number of cyclic esters (lactones) is 1. The average molecular weight is 303 g/mol. The number of allylic oxidation sites excluding steroid dienone is 4. The van der Waals surface area contributed by atoms with Crippen molar-refractivity contribution in [1.29, 1.82) is 0 Å².